The van der Waals surface area contributed by atoms with E-state index in [-0.39, 0.29) is 48.2 Å². The van der Waals surface area contributed by atoms with Gasteiger partial charge in [-0.2, -0.15) is 0 Å². The first kappa shape index (κ1) is 29.0. The third-order valence-corrected chi connectivity index (χ3v) is 7.46. The molecule has 1 heterocycles. The number of carbonyl (C=O) groups excluding carboxylic acids is 5. The zero-order chi connectivity index (χ0) is 27.4. The molecule has 196 valence electrons. The molecular weight excluding hydrogens is 592 g/mol. The van der Waals surface area contributed by atoms with Gasteiger partial charge in [0.1, 0.15) is 6.04 Å². The van der Waals surface area contributed by atoms with Gasteiger partial charge in [0.05, 0.1) is 41.8 Å². The summed E-state index contributed by atoms with van der Waals surface area (Å²) >= 11 is 30.3. The molecule has 2 N–H and O–H groups in total. The monoisotopic (exact) mass is 607 g/mol. The van der Waals surface area contributed by atoms with E-state index >= 15 is 0 Å². The van der Waals surface area contributed by atoms with Crippen molar-refractivity contribution < 1.29 is 28.7 Å². The fourth-order valence-corrected chi connectivity index (χ4v) is 4.74. The molecule has 14 heteroatoms. The van der Waals surface area contributed by atoms with Gasteiger partial charge >= 0.3 is 5.97 Å². The number of unbranched alkanes of at least 4 members (excludes halogenated alkanes) is 1. The van der Waals surface area contributed by atoms with Crippen LogP contribution in [-0.4, -0.2) is 47.1 Å². The lowest BCUT2D eigenvalue weighted by molar-refractivity contribution is -0.152. The number of hydrazine groups is 1. The van der Waals surface area contributed by atoms with E-state index in [1.807, 2.05) is 6.92 Å². The standard InChI is InChI=1S/C23H18Cl5N3O6/c1-2-3-8-12(31-21(34)14-15(22(31)35)17(26)19(28)18(27)16(14)25)23(36)37-9-13(32)29-30-20(33)10-6-4-5-7-11(10)24/h4-7,12H,2-3,8-9H2,1H3,(H,29,32)(H,30,33)/t12-/m1/s1. The van der Waals surface area contributed by atoms with Gasteiger partial charge in [-0.15, -0.1) is 0 Å². The first-order valence-corrected chi connectivity index (χ1v) is 12.6. The van der Waals surface area contributed by atoms with Crippen LogP contribution in [0.4, 0.5) is 0 Å². The molecule has 3 rings (SSSR count). The Morgan fingerprint density at radius 1 is 0.892 bits per heavy atom. The summed E-state index contributed by atoms with van der Waals surface area (Å²) in [5.41, 5.74) is 3.79. The highest BCUT2D eigenvalue weighted by atomic mass is 35.5. The minimum atomic E-state index is -1.39. The van der Waals surface area contributed by atoms with Crippen LogP contribution in [0.2, 0.25) is 25.1 Å². The number of benzene rings is 2. The second-order valence-electron chi connectivity index (χ2n) is 7.73. The van der Waals surface area contributed by atoms with Crippen LogP contribution in [-0.2, 0) is 14.3 Å². The summed E-state index contributed by atoms with van der Waals surface area (Å²) in [5, 5.41) is -0.800. The molecular formula is C23H18Cl5N3O6. The Hall–Kier alpha value is -2.56. The van der Waals surface area contributed by atoms with E-state index in [1.165, 1.54) is 12.1 Å². The number of esters is 1. The number of hydrogen-bond acceptors (Lipinski definition) is 6. The number of imide groups is 1. The van der Waals surface area contributed by atoms with Crippen LogP contribution in [0.5, 0.6) is 0 Å². The Morgan fingerprint density at radius 3 is 2.00 bits per heavy atom. The van der Waals surface area contributed by atoms with E-state index in [9.17, 15) is 24.0 Å². The minimum absolute atomic E-state index is 0.0440. The second kappa shape index (κ2) is 12.3. The maximum Gasteiger partial charge on any atom is 0.329 e. The fourth-order valence-electron chi connectivity index (χ4n) is 3.51. The van der Waals surface area contributed by atoms with E-state index < -0.39 is 42.2 Å². The maximum atomic E-state index is 13.1. The molecule has 0 fully saturated rings. The SMILES string of the molecule is CCCC[C@H](C(=O)OCC(=O)NNC(=O)c1ccccc1Cl)N1C(=O)c2c(Cl)c(Cl)c(Cl)c(Cl)c2C1=O. The number of carbonyl (C=O) groups is 5. The number of rotatable bonds is 8. The molecule has 0 aromatic heterocycles. The van der Waals surface area contributed by atoms with Gasteiger partial charge < -0.3 is 4.74 Å². The van der Waals surface area contributed by atoms with Gasteiger partial charge in [0, 0.05) is 0 Å². The zero-order valence-electron chi connectivity index (χ0n) is 19.0. The van der Waals surface area contributed by atoms with E-state index in [0.29, 0.717) is 17.7 Å². The Balaban J connectivity index is 1.71. The van der Waals surface area contributed by atoms with Crippen LogP contribution in [0.15, 0.2) is 24.3 Å². The fraction of sp³-hybridized carbons (Fsp3) is 0.261. The summed E-state index contributed by atoms with van der Waals surface area (Å²) in [7, 11) is 0. The average Bonchev–Trinajstić information content (AvgIpc) is 3.14. The third-order valence-electron chi connectivity index (χ3n) is 5.33. The van der Waals surface area contributed by atoms with Crippen LogP contribution in [0.25, 0.3) is 0 Å². The highest BCUT2D eigenvalue weighted by molar-refractivity contribution is 6.55. The summed E-state index contributed by atoms with van der Waals surface area (Å²) in [6, 6.07) is 4.78. The van der Waals surface area contributed by atoms with Crippen molar-refractivity contribution in [1.29, 1.82) is 0 Å². The van der Waals surface area contributed by atoms with Gasteiger partial charge in [-0.05, 0) is 18.6 Å². The van der Waals surface area contributed by atoms with E-state index in [4.69, 9.17) is 62.7 Å². The molecule has 1 atom stereocenters. The first-order chi connectivity index (χ1) is 17.5. The Bertz CT molecular complexity index is 1260. The van der Waals surface area contributed by atoms with Gasteiger partial charge in [0.15, 0.2) is 6.61 Å². The summed E-state index contributed by atoms with van der Waals surface area (Å²) in [4.78, 5) is 64.2. The summed E-state index contributed by atoms with van der Waals surface area (Å²) in [6.07, 6.45) is 1.11. The maximum absolute atomic E-state index is 13.1. The van der Waals surface area contributed by atoms with Gasteiger partial charge in [-0.3, -0.25) is 34.9 Å². The molecule has 1 aliphatic heterocycles. The van der Waals surface area contributed by atoms with E-state index in [1.54, 1.807) is 12.1 Å². The topological polar surface area (TPSA) is 122 Å². The highest BCUT2D eigenvalue weighted by Crippen LogP contribution is 2.45. The smallest absolute Gasteiger partial charge is 0.329 e. The molecule has 0 aliphatic carbocycles. The van der Waals surface area contributed by atoms with Crippen molar-refractivity contribution in [1.82, 2.24) is 15.8 Å². The van der Waals surface area contributed by atoms with Gasteiger partial charge in [0.2, 0.25) is 0 Å². The number of nitrogens with zero attached hydrogens (tertiary/aromatic N) is 1. The van der Waals surface area contributed by atoms with Gasteiger partial charge in [-0.1, -0.05) is 89.9 Å². The average molecular weight is 610 g/mol. The largest absolute Gasteiger partial charge is 0.454 e. The Kier molecular flexibility index (Phi) is 9.66. The molecule has 9 nitrogen and oxygen atoms in total. The molecule has 0 radical (unpaired) electrons. The molecule has 4 amide bonds. The number of halogens is 5. The molecule has 0 unspecified atom stereocenters. The predicted molar refractivity (Wildman–Crippen MR) is 138 cm³/mol. The summed E-state index contributed by atoms with van der Waals surface area (Å²) < 4.78 is 5.05. The Morgan fingerprint density at radius 2 is 1.46 bits per heavy atom. The molecule has 2 aromatic carbocycles. The van der Waals surface area contributed by atoms with Crippen LogP contribution in [0.1, 0.15) is 57.3 Å². The highest BCUT2D eigenvalue weighted by Gasteiger charge is 2.47. The third kappa shape index (κ3) is 5.97. The van der Waals surface area contributed by atoms with Crippen molar-refractivity contribution in [3.05, 3.63) is 66.1 Å². The second-order valence-corrected chi connectivity index (χ2v) is 9.65. The summed E-state index contributed by atoms with van der Waals surface area (Å²) in [5.74, 6) is -4.40. The molecule has 0 bridgehead atoms. The molecule has 2 aromatic rings. The lowest BCUT2D eigenvalue weighted by atomic mass is 10.1. The number of hydrogen-bond donors (Lipinski definition) is 2. The molecule has 0 saturated heterocycles. The van der Waals surface area contributed by atoms with Crippen molar-refractivity contribution in [2.45, 2.75) is 32.2 Å². The zero-order valence-corrected chi connectivity index (χ0v) is 22.8. The van der Waals surface area contributed by atoms with Crippen LogP contribution in [0.3, 0.4) is 0 Å². The quantitative estimate of drug-likeness (QED) is 0.141. The normalized spacial score (nSPS) is 13.3. The van der Waals surface area contributed by atoms with Crippen molar-refractivity contribution in [3.63, 3.8) is 0 Å². The molecule has 37 heavy (non-hydrogen) atoms. The van der Waals surface area contributed by atoms with Crippen molar-refractivity contribution >= 4 is 87.6 Å². The lowest BCUT2D eigenvalue weighted by Crippen LogP contribution is -2.47. The van der Waals surface area contributed by atoms with Crippen molar-refractivity contribution in [3.8, 4) is 0 Å². The molecule has 0 spiro atoms. The number of fused-ring (bicyclic) bond motifs is 1. The minimum Gasteiger partial charge on any atom is -0.454 e. The number of ether oxygens (including phenoxy) is 1. The predicted octanol–water partition coefficient (Wildman–Crippen LogP) is 5.11. The first-order valence-electron chi connectivity index (χ1n) is 10.7. The van der Waals surface area contributed by atoms with Gasteiger partial charge in [-0.25, -0.2) is 4.79 Å². The van der Waals surface area contributed by atoms with Crippen LogP contribution < -0.4 is 10.9 Å². The number of nitrogens with one attached hydrogen (secondary N) is 2. The summed E-state index contributed by atoms with van der Waals surface area (Å²) in [6.45, 7) is 1.03. The molecule has 1 aliphatic rings. The Labute approximate surface area is 236 Å². The molecule has 0 saturated carbocycles. The van der Waals surface area contributed by atoms with Crippen molar-refractivity contribution in [2.75, 3.05) is 6.61 Å². The lowest BCUT2D eigenvalue weighted by Gasteiger charge is -2.24. The number of amides is 4. The van der Waals surface area contributed by atoms with Crippen LogP contribution in [0, 0.1) is 0 Å². The van der Waals surface area contributed by atoms with Crippen molar-refractivity contribution in [2.24, 2.45) is 0 Å². The van der Waals surface area contributed by atoms with Crippen LogP contribution >= 0.6 is 58.0 Å². The van der Waals surface area contributed by atoms with E-state index in [2.05, 4.69) is 10.9 Å². The van der Waals surface area contributed by atoms with Gasteiger partial charge in [0.25, 0.3) is 23.6 Å². The van der Waals surface area contributed by atoms with E-state index in [0.717, 1.165) is 0 Å².